The van der Waals surface area contributed by atoms with Gasteiger partial charge in [-0.05, 0) is 37.3 Å². The molecular formula is C13H12ClNO5S. The van der Waals surface area contributed by atoms with Crippen molar-refractivity contribution in [3.63, 3.8) is 0 Å². The molecule has 8 heteroatoms. The van der Waals surface area contributed by atoms with E-state index >= 15 is 0 Å². The molecule has 0 saturated carbocycles. The molecule has 2 N–H and O–H groups in total. The summed E-state index contributed by atoms with van der Waals surface area (Å²) in [7, 11) is -3.89. The van der Waals surface area contributed by atoms with Crippen molar-refractivity contribution in [1.82, 2.24) is 4.72 Å². The van der Waals surface area contributed by atoms with Crippen LogP contribution in [0.3, 0.4) is 0 Å². The molecule has 6 nitrogen and oxygen atoms in total. The summed E-state index contributed by atoms with van der Waals surface area (Å²) in [6, 6.07) is 6.18. The molecule has 0 saturated heterocycles. The second-order valence-corrected chi connectivity index (χ2v) is 6.43. The fourth-order valence-electron chi connectivity index (χ4n) is 1.73. The molecule has 1 aromatic carbocycles. The summed E-state index contributed by atoms with van der Waals surface area (Å²) in [4.78, 5) is 10.8. The lowest BCUT2D eigenvalue weighted by Crippen LogP contribution is -2.26. The Morgan fingerprint density at radius 1 is 1.38 bits per heavy atom. The molecular weight excluding hydrogens is 318 g/mol. The lowest BCUT2D eigenvalue weighted by molar-refractivity contribution is 0.0697. The van der Waals surface area contributed by atoms with Crippen molar-refractivity contribution in [3.05, 3.63) is 52.9 Å². The summed E-state index contributed by atoms with van der Waals surface area (Å²) in [5, 5.41) is 8.95. The number of aromatic carboxylic acids is 1. The smallest absolute Gasteiger partial charge is 0.337 e. The molecule has 2 aromatic rings. The highest BCUT2D eigenvalue weighted by molar-refractivity contribution is 7.89. The van der Waals surface area contributed by atoms with Gasteiger partial charge in [0.2, 0.25) is 10.0 Å². The van der Waals surface area contributed by atoms with Gasteiger partial charge in [0.15, 0.2) is 0 Å². The van der Waals surface area contributed by atoms with E-state index in [1.165, 1.54) is 18.4 Å². The molecule has 0 aliphatic carbocycles. The van der Waals surface area contributed by atoms with E-state index in [0.717, 1.165) is 6.07 Å². The normalized spacial score (nSPS) is 13.0. The van der Waals surface area contributed by atoms with Crippen LogP contribution in [0.2, 0.25) is 5.02 Å². The van der Waals surface area contributed by atoms with Gasteiger partial charge in [-0.25, -0.2) is 17.9 Å². The Hall–Kier alpha value is -1.83. The molecule has 0 fully saturated rings. The van der Waals surface area contributed by atoms with Crippen molar-refractivity contribution in [2.75, 3.05) is 0 Å². The number of carbonyl (C=O) groups is 1. The Bertz CT molecular complexity index is 755. The molecule has 0 amide bonds. The summed E-state index contributed by atoms with van der Waals surface area (Å²) < 4.78 is 32.0. The van der Waals surface area contributed by atoms with Crippen molar-refractivity contribution in [3.8, 4) is 0 Å². The number of hydrogen-bond acceptors (Lipinski definition) is 4. The Morgan fingerprint density at radius 2 is 2.10 bits per heavy atom. The maximum atomic E-state index is 12.2. The molecule has 1 aromatic heterocycles. The molecule has 21 heavy (non-hydrogen) atoms. The van der Waals surface area contributed by atoms with Gasteiger partial charge in [-0.2, -0.15) is 0 Å². The third kappa shape index (κ3) is 3.44. The van der Waals surface area contributed by atoms with Gasteiger partial charge in [-0.1, -0.05) is 11.6 Å². The average molecular weight is 330 g/mol. The van der Waals surface area contributed by atoms with E-state index in [4.69, 9.17) is 21.1 Å². The first kappa shape index (κ1) is 15.6. The summed E-state index contributed by atoms with van der Waals surface area (Å²) in [6.07, 6.45) is 1.44. The van der Waals surface area contributed by atoms with Crippen molar-refractivity contribution in [1.29, 1.82) is 0 Å². The standard InChI is InChI=1S/C13H12ClNO5S/c1-8(12-3-2-6-20-12)15-21(18,19)9-4-5-11(14)10(7-9)13(16)17/h2-8,15H,1H3,(H,16,17). The van der Waals surface area contributed by atoms with Gasteiger partial charge >= 0.3 is 5.97 Å². The molecule has 112 valence electrons. The van der Waals surface area contributed by atoms with Gasteiger partial charge in [0, 0.05) is 0 Å². The number of hydrogen-bond donors (Lipinski definition) is 2. The lowest BCUT2D eigenvalue weighted by Gasteiger charge is -2.12. The van der Waals surface area contributed by atoms with Crippen LogP contribution in [0.1, 0.15) is 29.1 Å². The highest BCUT2D eigenvalue weighted by Gasteiger charge is 2.22. The van der Waals surface area contributed by atoms with E-state index in [2.05, 4.69) is 4.72 Å². The second kappa shape index (κ2) is 5.88. The zero-order valence-electron chi connectivity index (χ0n) is 10.9. The number of nitrogens with one attached hydrogen (secondary N) is 1. The minimum absolute atomic E-state index is 0.0273. The van der Waals surface area contributed by atoms with Crippen LogP contribution in [0.25, 0.3) is 0 Å². The summed E-state index contributed by atoms with van der Waals surface area (Å²) in [5.41, 5.74) is -0.273. The van der Waals surface area contributed by atoms with Gasteiger partial charge in [-0.3, -0.25) is 0 Å². The average Bonchev–Trinajstić information content (AvgIpc) is 2.92. The third-order valence-electron chi connectivity index (χ3n) is 2.78. The van der Waals surface area contributed by atoms with E-state index in [1.807, 2.05) is 0 Å². The van der Waals surface area contributed by atoms with Crippen molar-refractivity contribution < 1.29 is 22.7 Å². The fourth-order valence-corrected chi connectivity index (χ4v) is 3.17. The number of furan rings is 1. The van der Waals surface area contributed by atoms with Gasteiger partial charge < -0.3 is 9.52 Å². The van der Waals surface area contributed by atoms with Crippen molar-refractivity contribution in [2.24, 2.45) is 0 Å². The predicted octanol–water partition coefficient (Wildman–Crippen LogP) is 2.67. The van der Waals surface area contributed by atoms with E-state index in [1.54, 1.807) is 19.1 Å². The van der Waals surface area contributed by atoms with E-state index < -0.39 is 22.0 Å². The molecule has 1 atom stereocenters. The molecule has 1 heterocycles. The molecule has 0 aliphatic rings. The monoisotopic (exact) mass is 329 g/mol. The third-order valence-corrected chi connectivity index (χ3v) is 4.65. The lowest BCUT2D eigenvalue weighted by atomic mass is 10.2. The number of carboxylic acid groups (broad SMARTS) is 1. The van der Waals surface area contributed by atoms with E-state index in [9.17, 15) is 13.2 Å². The van der Waals surface area contributed by atoms with Crippen LogP contribution < -0.4 is 4.72 Å². The van der Waals surface area contributed by atoms with E-state index in [0.29, 0.717) is 5.76 Å². The minimum Gasteiger partial charge on any atom is -0.478 e. The van der Waals surface area contributed by atoms with Gasteiger partial charge in [-0.15, -0.1) is 0 Å². The summed E-state index contributed by atoms with van der Waals surface area (Å²) in [5.74, 6) is -0.845. The SMILES string of the molecule is CC(NS(=O)(=O)c1ccc(Cl)c(C(=O)O)c1)c1ccco1. The number of benzene rings is 1. The van der Waals surface area contributed by atoms with Crippen LogP contribution in [0.15, 0.2) is 45.9 Å². The van der Waals surface area contributed by atoms with Crippen LogP contribution in [0.5, 0.6) is 0 Å². The maximum Gasteiger partial charge on any atom is 0.337 e. The topological polar surface area (TPSA) is 96.6 Å². The van der Waals surface area contributed by atoms with E-state index in [-0.39, 0.29) is 15.5 Å². The van der Waals surface area contributed by atoms with Crippen LogP contribution >= 0.6 is 11.6 Å². The summed E-state index contributed by atoms with van der Waals surface area (Å²) >= 11 is 5.72. The van der Waals surface area contributed by atoms with Crippen LogP contribution in [-0.4, -0.2) is 19.5 Å². The zero-order chi connectivity index (χ0) is 15.6. The van der Waals surface area contributed by atoms with Gasteiger partial charge in [0.05, 0.1) is 27.8 Å². The van der Waals surface area contributed by atoms with Gasteiger partial charge in [0.25, 0.3) is 0 Å². The highest BCUT2D eigenvalue weighted by atomic mass is 35.5. The Balaban J connectivity index is 2.32. The zero-order valence-corrected chi connectivity index (χ0v) is 12.5. The Labute approximate surface area is 126 Å². The molecule has 0 aliphatic heterocycles. The molecule has 2 rings (SSSR count). The number of sulfonamides is 1. The number of rotatable bonds is 5. The quantitative estimate of drug-likeness (QED) is 0.879. The van der Waals surface area contributed by atoms with Crippen molar-refractivity contribution in [2.45, 2.75) is 17.9 Å². The number of halogens is 1. The fraction of sp³-hybridized carbons (Fsp3) is 0.154. The first-order chi connectivity index (χ1) is 9.81. The Morgan fingerprint density at radius 3 is 2.67 bits per heavy atom. The molecule has 0 radical (unpaired) electrons. The minimum atomic E-state index is -3.89. The largest absolute Gasteiger partial charge is 0.478 e. The second-order valence-electron chi connectivity index (χ2n) is 4.31. The van der Waals surface area contributed by atoms with Crippen molar-refractivity contribution >= 4 is 27.6 Å². The Kier molecular flexibility index (Phi) is 4.36. The predicted molar refractivity (Wildman–Crippen MR) is 75.9 cm³/mol. The van der Waals surface area contributed by atoms with Crippen LogP contribution in [0, 0.1) is 0 Å². The molecule has 1 unspecified atom stereocenters. The van der Waals surface area contributed by atoms with Crippen LogP contribution in [-0.2, 0) is 10.0 Å². The number of carboxylic acids is 1. The first-order valence-electron chi connectivity index (χ1n) is 5.90. The molecule has 0 spiro atoms. The highest BCUT2D eigenvalue weighted by Crippen LogP contribution is 2.22. The maximum absolute atomic E-state index is 12.2. The molecule has 0 bridgehead atoms. The first-order valence-corrected chi connectivity index (χ1v) is 7.76. The van der Waals surface area contributed by atoms with Crippen LogP contribution in [0.4, 0.5) is 0 Å². The van der Waals surface area contributed by atoms with Gasteiger partial charge in [0.1, 0.15) is 5.76 Å². The summed E-state index contributed by atoms with van der Waals surface area (Å²) in [6.45, 7) is 1.62.